The predicted molar refractivity (Wildman–Crippen MR) is 169 cm³/mol. The molecule has 8 nitrogen and oxygen atoms in total. The van der Waals surface area contributed by atoms with E-state index in [1.807, 2.05) is 35.2 Å². The van der Waals surface area contributed by atoms with Gasteiger partial charge in [-0.05, 0) is 88.3 Å². The monoisotopic (exact) mass is 634 g/mol. The Balaban J connectivity index is 0.979. The number of nitrogens with one attached hydrogen (secondary N) is 1. The van der Waals surface area contributed by atoms with Gasteiger partial charge in [0.1, 0.15) is 5.82 Å². The van der Waals surface area contributed by atoms with Crippen LogP contribution in [0.2, 0.25) is 0 Å². The highest BCUT2D eigenvalue weighted by Gasteiger charge is 2.43. The molecule has 2 unspecified atom stereocenters. The summed E-state index contributed by atoms with van der Waals surface area (Å²) in [7, 11) is 0. The lowest BCUT2D eigenvalue weighted by atomic mass is 9.95. The molecule has 2 atom stereocenters. The number of aryl methyl sites for hydroxylation is 1. The third-order valence-electron chi connectivity index (χ3n) is 10.3. The normalized spacial score (nSPS) is 22.9. The number of hydrogen-bond acceptors (Lipinski definition) is 4. The van der Waals surface area contributed by atoms with Crippen molar-refractivity contribution in [1.29, 1.82) is 0 Å². The Hall–Kier alpha value is -3.86. The molecule has 3 amide bonds. The molecule has 4 heterocycles. The Morgan fingerprint density at radius 3 is 2.30 bits per heavy atom. The second kappa shape index (κ2) is 12.4. The van der Waals surface area contributed by atoms with Crippen molar-refractivity contribution in [2.45, 2.75) is 89.1 Å². The van der Waals surface area contributed by atoms with Crippen molar-refractivity contribution in [3.8, 4) is 0 Å². The van der Waals surface area contributed by atoms with Gasteiger partial charge in [0, 0.05) is 67.2 Å². The number of rotatable bonds is 8. The van der Waals surface area contributed by atoms with Crippen molar-refractivity contribution >= 4 is 23.3 Å². The van der Waals surface area contributed by atoms with E-state index >= 15 is 0 Å². The number of piperidine rings is 1. The number of hydrogen-bond donors (Lipinski definition) is 1. The maximum Gasteiger partial charge on any atom is 0.416 e. The van der Waals surface area contributed by atoms with Crippen LogP contribution in [0.15, 0.2) is 54.6 Å². The van der Waals surface area contributed by atoms with E-state index in [0.29, 0.717) is 42.8 Å². The van der Waals surface area contributed by atoms with Crippen LogP contribution in [0.3, 0.4) is 0 Å². The zero-order chi connectivity index (χ0) is 32.0. The molecule has 3 aromatic rings. The fourth-order valence-electron chi connectivity index (χ4n) is 7.92. The minimum atomic E-state index is -4.43. The number of fused-ring (bicyclic) bond motifs is 3. The summed E-state index contributed by atoms with van der Waals surface area (Å²) in [6.07, 6.45) is 3.74. The molecule has 46 heavy (non-hydrogen) atoms. The smallest absolute Gasteiger partial charge is 0.336 e. The second-order valence-electron chi connectivity index (χ2n) is 13.3. The van der Waals surface area contributed by atoms with Crippen LogP contribution in [-0.4, -0.2) is 63.0 Å². The molecule has 1 aliphatic carbocycles. The van der Waals surface area contributed by atoms with Gasteiger partial charge < -0.3 is 14.8 Å². The summed E-state index contributed by atoms with van der Waals surface area (Å²) in [5.41, 5.74) is 2.69. The number of anilines is 2. The average molecular weight is 635 g/mol. The minimum Gasteiger partial charge on any atom is -0.336 e. The van der Waals surface area contributed by atoms with Crippen LogP contribution in [0.1, 0.15) is 73.8 Å². The third kappa shape index (κ3) is 6.26. The van der Waals surface area contributed by atoms with Crippen LogP contribution >= 0.6 is 0 Å². The number of urea groups is 1. The van der Waals surface area contributed by atoms with Gasteiger partial charge in [-0.15, -0.1) is 0 Å². The van der Waals surface area contributed by atoms with Crippen molar-refractivity contribution in [1.82, 2.24) is 19.4 Å². The molecule has 2 bridgehead atoms. The molecule has 2 saturated heterocycles. The van der Waals surface area contributed by atoms with E-state index in [-0.39, 0.29) is 11.9 Å². The molecule has 0 radical (unpaired) electrons. The van der Waals surface area contributed by atoms with Gasteiger partial charge in [-0.25, -0.2) is 9.78 Å². The molecule has 1 aromatic heterocycles. The summed E-state index contributed by atoms with van der Waals surface area (Å²) in [5, 5.41) is 2.78. The predicted octanol–water partition coefficient (Wildman–Crippen LogP) is 6.80. The summed E-state index contributed by atoms with van der Waals surface area (Å²) >= 11 is 0. The molecule has 2 aromatic carbocycles. The van der Waals surface area contributed by atoms with Crippen LogP contribution in [0, 0.1) is 12.8 Å². The number of carbonyl (C=O) groups excluding carboxylic acids is 2. The Labute approximate surface area is 267 Å². The number of halogens is 3. The third-order valence-corrected chi connectivity index (χ3v) is 10.3. The van der Waals surface area contributed by atoms with Crippen LogP contribution in [0.5, 0.6) is 0 Å². The van der Waals surface area contributed by atoms with Crippen LogP contribution in [-0.2, 0) is 23.9 Å². The maximum absolute atomic E-state index is 13.4. The highest BCUT2D eigenvalue weighted by molar-refractivity contribution is 6.01. The Bertz CT molecular complexity index is 1560. The quantitative estimate of drug-likeness (QED) is 0.296. The Kier molecular flexibility index (Phi) is 8.29. The summed E-state index contributed by atoms with van der Waals surface area (Å²) < 4.78 is 41.5. The van der Waals surface area contributed by atoms with E-state index < -0.39 is 11.7 Å². The lowest BCUT2D eigenvalue weighted by molar-refractivity contribution is -0.137. The van der Waals surface area contributed by atoms with Gasteiger partial charge in [-0.2, -0.15) is 13.2 Å². The summed E-state index contributed by atoms with van der Waals surface area (Å²) in [5.74, 6) is 1.59. The molecule has 4 aliphatic rings. The SMILES string of the molecule is Cc1nc2c(n1C1CC3CCC(C1)N3CCCN(C(=O)Nc1ccc(C(F)(F)F)cc1)c1ccccc1)CCN(C(=O)C1CC1)C2. The topological polar surface area (TPSA) is 73.7 Å². The minimum absolute atomic E-state index is 0.234. The van der Waals surface area contributed by atoms with E-state index in [0.717, 1.165) is 93.8 Å². The number of nitrogens with zero attached hydrogens (tertiary/aromatic N) is 5. The molecule has 0 spiro atoms. The number of imidazole rings is 1. The van der Waals surface area contributed by atoms with Crippen LogP contribution < -0.4 is 10.2 Å². The molecule has 3 aliphatic heterocycles. The van der Waals surface area contributed by atoms with Crippen LogP contribution in [0.4, 0.5) is 29.3 Å². The van der Waals surface area contributed by atoms with Gasteiger partial charge in [-0.1, -0.05) is 18.2 Å². The molecule has 3 fully saturated rings. The lowest BCUT2D eigenvalue weighted by Gasteiger charge is -2.41. The van der Waals surface area contributed by atoms with Crippen molar-refractivity contribution in [2.24, 2.45) is 5.92 Å². The van der Waals surface area contributed by atoms with Gasteiger partial charge in [0.05, 0.1) is 17.8 Å². The zero-order valence-corrected chi connectivity index (χ0v) is 26.2. The molecule has 1 N–H and O–H groups in total. The van der Waals surface area contributed by atoms with Gasteiger partial charge in [-0.3, -0.25) is 14.6 Å². The molecule has 1 saturated carbocycles. The number of aromatic nitrogens is 2. The first-order valence-corrected chi connectivity index (χ1v) is 16.6. The van der Waals surface area contributed by atoms with E-state index in [1.165, 1.54) is 17.8 Å². The van der Waals surface area contributed by atoms with E-state index in [1.54, 1.807) is 4.90 Å². The highest BCUT2D eigenvalue weighted by Crippen LogP contribution is 2.43. The van der Waals surface area contributed by atoms with Gasteiger partial charge in [0.15, 0.2) is 0 Å². The standard InChI is InChI=1S/C35H41F3N6O2/c1-23-39-31-22-41(33(45)24-8-9-24)19-16-32(31)44(23)30-20-28-14-15-29(21-30)42(28)17-5-18-43(27-6-3-2-4-7-27)34(46)40-26-12-10-25(11-13-26)35(36,37)38/h2-4,6-7,10-13,24,28-30H,5,8-9,14-22H2,1H3,(H,40,46). The van der Waals surface area contributed by atoms with Gasteiger partial charge >= 0.3 is 12.2 Å². The molecule has 11 heteroatoms. The number of amides is 3. The Morgan fingerprint density at radius 2 is 1.65 bits per heavy atom. The maximum atomic E-state index is 13.4. The van der Waals surface area contributed by atoms with E-state index in [2.05, 4.69) is 21.7 Å². The molecular formula is C35H41F3N6O2. The Morgan fingerprint density at radius 1 is 0.957 bits per heavy atom. The van der Waals surface area contributed by atoms with E-state index in [9.17, 15) is 22.8 Å². The average Bonchev–Trinajstić information content (AvgIpc) is 3.79. The fraction of sp³-hybridized carbons (Fsp3) is 0.514. The number of para-hydroxylation sites is 1. The van der Waals surface area contributed by atoms with Crippen molar-refractivity contribution in [3.05, 3.63) is 77.4 Å². The van der Waals surface area contributed by atoms with Crippen molar-refractivity contribution in [2.75, 3.05) is 29.9 Å². The number of carbonyl (C=O) groups is 2. The first-order valence-electron chi connectivity index (χ1n) is 16.6. The van der Waals surface area contributed by atoms with Gasteiger partial charge in [0.2, 0.25) is 5.91 Å². The van der Waals surface area contributed by atoms with Gasteiger partial charge in [0.25, 0.3) is 0 Å². The first-order chi connectivity index (χ1) is 22.2. The lowest BCUT2D eigenvalue weighted by Crippen LogP contribution is -2.45. The second-order valence-corrected chi connectivity index (χ2v) is 13.3. The van der Waals surface area contributed by atoms with Crippen LogP contribution in [0.25, 0.3) is 0 Å². The largest absolute Gasteiger partial charge is 0.416 e. The molecule has 244 valence electrons. The molecular weight excluding hydrogens is 593 g/mol. The fourth-order valence-corrected chi connectivity index (χ4v) is 7.92. The molecule has 7 rings (SSSR count). The first kappa shape index (κ1) is 30.8. The highest BCUT2D eigenvalue weighted by atomic mass is 19.4. The zero-order valence-electron chi connectivity index (χ0n) is 26.2. The summed E-state index contributed by atoms with van der Waals surface area (Å²) in [6, 6.07) is 14.9. The number of alkyl halides is 3. The van der Waals surface area contributed by atoms with Crippen molar-refractivity contribution in [3.63, 3.8) is 0 Å². The number of benzene rings is 2. The summed E-state index contributed by atoms with van der Waals surface area (Å²) in [6.45, 7) is 4.88. The summed E-state index contributed by atoms with van der Waals surface area (Å²) in [4.78, 5) is 37.3. The van der Waals surface area contributed by atoms with Crippen molar-refractivity contribution < 1.29 is 22.8 Å². The van der Waals surface area contributed by atoms with E-state index in [4.69, 9.17) is 4.98 Å².